The third-order valence-corrected chi connectivity index (χ3v) is 21.2. The Kier molecular flexibility index (Phi) is 9.08. The quantitative estimate of drug-likeness (QED) is 0.232. The highest BCUT2D eigenvalue weighted by molar-refractivity contribution is 9.11. The largest absolute Gasteiger partial charge is 0.520 e. The molecule has 0 aromatic heterocycles. The molecule has 0 saturated carbocycles. The lowest BCUT2D eigenvalue weighted by Crippen LogP contribution is -2.80. The highest BCUT2D eigenvalue weighted by Crippen LogP contribution is 2.28. The highest BCUT2D eigenvalue weighted by atomic mass is 79.9. The van der Waals surface area contributed by atoms with Gasteiger partial charge < -0.3 is 35.6 Å². The zero-order chi connectivity index (χ0) is 28.8. The van der Waals surface area contributed by atoms with Gasteiger partial charge in [-0.15, -0.1) is 0 Å². The zero-order valence-corrected chi connectivity index (χ0v) is 30.5. The summed E-state index contributed by atoms with van der Waals surface area (Å²) in [5, 5.41) is 0.740. The van der Waals surface area contributed by atoms with Crippen LogP contribution in [-0.4, -0.2) is 54.4 Å². The summed E-state index contributed by atoms with van der Waals surface area (Å²) in [5.74, 6) is 0. The average Bonchev–Trinajstić information content (AvgIpc) is 2.89. The maximum Gasteiger partial charge on any atom is 0.520 e. The van der Waals surface area contributed by atoms with Gasteiger partial charge in [0.2, 0.25) is 0 Å². The Balaban J connectivity index is 1.73. The van der Waals surface area contributed by atoms with Crippen molar-refractivity contribution in [3.8, 4) is 0 Å². The van der Waals surface area contributed by atoms with E-state index in [-0.39, 0.29) is 20.7 Å². The normalized spacial score (nSPS) is 29.0. The predicted octanol–water partition coefficient (Wildman–Crippen LogP) is 2.47. The molecular formula is C24H20Br4O8Si4. The van der Waals surface area contributed by atoms with Crippen LogP contribution >= 0.6 is 63.7 Å². The number of hydrogen-bond acceptors (Lipinski definition) is 8. The fourth-order valence-corrected chi connectivity index (χ4v) is 19.3. The van der Waals surface area contributed by atoms with E-state index in [1.807, 2.05) is 0 Å². The first-order valence-corrected chi connectivity index (χ1v) is 21.8. The molecule has 4 aromatic carbocycles. The molecule has 0 aliphatic carbocycles. The summed E-state index contributed by atoms with van der Waals surface area (Å²) in [6.07, 6.45) is 0. The Morgan fingerprint density at radius 2 is 0.475 bits per heavy atom. The maximum atomic E-state index is 12.1. The molecule has 1 aliphatic heterocycles. The maximum absolute atomic E-state index is 12.1. The van der Waals surface area contributed by atoms with Crippen molar-refractivity contribution in [2.45, 2.75) is 0 Å². The summed E-state index contributed by atoms with van der Waals surface area (Å²) in [6.45, 7) is 0. The summed E-state index contributed by atoms with van der Waals surface area (Å²) in [7, 11) is -18.9. The first kappa shape index (κ1) is 30.8. The van der Waals surface area contributed by atoms with Crippen LogP contribution in [0.1, 0.15) is 0 Å². The molecule has 0 unspecified atom stereocenters. The molecule has 0 bridgehead atoms. The number of benzene rings is 4. The van der Waals surface area contributed by atoms with Gasteiger partial charge in [0.05, 0.1) is 0 Å². The van der Waals surface area contributed by atoms with Crippen molar-refractivity contribution in [3.63, 3.8) is 0 Å². The average molecular weight is 868 g/mol. The minimum Gasteiger partial charge on any atom is -0.387 e. The molecule has 1 fully saturated rings. The molecule has 1 heterocycles. The summed E-state index contributed by atoms with van der Waals surface area (Å²) >= 11 is 13.5. The molecule has 208 valence electrons. The zero-order valence-electron chi connectivity index (χ0n) is 20.2. The predicted molar refractivity (Wildman–Crippen MR) is 171 cm³/mol. The minimum absolute atomic E-state index is 0.185. The van der Waals surface area contributed by atoms with E-state index in [0.717, 1.165) is 17.9 Å². The van der Waals surface area contributed by atoms with Crippen molar-refractivity contribution in [1.29, 1.82) is 0 Å². The van der Waals surface area contributed by atoms with E-state index < -0.39 is 35.2 Å². The van der Waals surface area contributed by atoms with E-state index in [4.69, 9.17) is 16.5 Å². The van der Waals surface area contributed by atoms with Crippen molar-refractivity contribution in [2.75, 3.05) is 0 Å². The molecule has 4 N–H and O–H groups in total. The Morgan fingerprint density at radius 1 is 0.325 bits per heavy atom. The Labute approximate surface area is 268 Å². The van der Waals surface area contributed by atoms with Crippen LogP contribution in [-0.2, 0) is 16.5 Å². The van der Waals surface area contributed by atoms with E-state index in [0.29, 0.717) is 0 Å². The van der Waals surface area contributed by atoms with Crippen molar-refractivity contribution in [2.24, 2.45) is 0 Å². The Bertz CT molecular complexity index is 1260. The van der Waals surface area contributed by atoms with Crippen molar-refractivity contribution >= 4 is 120 Å². The Hall–Kier alpha value is -0.652. The molecule has 8 nitrogen and oxygen atoms in total. The lowest BCUT2D eigenvalue weighted by atomic mass is 10.4. The Morgan fingerprint density at radius 3 is 0.625 bits per heavy atom. The van der Waals surface area contributed by atoms with Crippen LogP contribution in [0.3, 0.4) is 0 Å². The first-order chi connectivity index (χ1) is 18.8. The van der Waals surface area contributed by atoms with E-state index in [9.17, 15) is 19.2 Å². The van der Waals surface area contributed by atoms with Gasteiger partial charge in [0, 0.05) is 38.6 Å². The van der Waals surface area contributed by atoms with Crippen LogP contribution in [0, 0.1) is 0 Å². The van der Waals surface area contributed by atoms with Gasteiger partial charge in [-0.3, -0.25) is 0 Å². The van der Waals surface area contributed by atoms with Gasteiger partial charge in [0.25, 0.3) is 0 Å². The fraction of sp³-hybridized carbons (Fsp3) is 0. The van der Waals surface area contributed by atoms with E-state index in [2.05, 4.69) is 63.7 Å². The number of halogens is 4. The second kappa shape index (κ2) is 11.8. The lowest BCUT2D eigenvalue weighted by molar-refractivity contribution is 0.0938. The van der Waals surface area contributed by atoms with Crippen LogP contribution in [0.25, 0.3) is 0 Å². The van der Waals surface area contributed by atoms with Crippen LogP contribution in [0.2, 0.25) is 0 Å². The first-order valence-electron chi connectivity index (χ1n) is 11.6. The summed E-state index contributed by atoms with van der Waals surface area (Å²) in [4.78, 5) is 48.4. The molecule has 1 saturated heterocycles. The smallest absolute Gasteiger partial charge is 0.387 e. The van der Waals surface area contributed by atoms with Crippen molar-refractivity contribution in [1.82, 2.24) is 0 Å². The van der Waals surface area contributed by atoms with Crippen LogP contribution in [0.4, 0.5) is 0 Å². The molecule has 0 atom stereocenters. The number of hydrogen-bond donors (Lipinski definition) is 4. The van der Waals surface area contributed by atoms with Gasteiger partial charge in [0.1, 0.15) is 0 Å². The molecule has 4 aromatic rings. The van der Waals surface area contributed by atoms with Crippen molar-refractivity contribution < 1.29 is 35.6 Å². The molecule has 5 rings (SSSR count). The van der Waals surface area contributed by atoms with Gasteiger partial charge in [-0.2, -0.15) is 0 Å². The molecule has 40 heavy (non-hydrogen) atoms. The van der Waals surface area contributed by atoms with Gasteiger partial charge in [0.15, 0.2) is 0 Å². The molecule has 1 aliphatic rings. The highest BCUT2D eigenvalue weighted by Gasteiger charge is 2.67. The molecule has 0 spiro atoms. The molecule has 16 heteroatoms. The summed E-state index contributed by atoms with van der Waals surface area (Å²) in [5.41, 5.74) is 0. The topological polar surface area (TPSA) is 118 Å². The third kappa shape index (κ3) is 6.47. The second-order valence-corrected chi connectivity index (χ2v) is 22.7. The number of rotatable bonds is 4. The van der Waals surface area contributed by atoms with Crippen LogP contribution in [0.15, 0.2) is 115 Å². The lowest BCUT2D eigenvalue weighted by Gasteiger charge is -2.44. The molecule has 0 amide bonds. The second-order valence-electron chi connectivity index (χ2n) is 8.76. The third-order valence-electron chi connectivity index (χ3n) is 5.94. The standard InChI is InChI=1S/C24H20Br4O8Si4/c25-17-1-9-21(10-2-17)37(29)33-38(30,22-11-3-18(26)4-12-22)35-40(32,24-15-7-20(28)8-16-24)36-39(31,34-37)23-13-5-19(27)6-14-23/h1-16,29-32H. The van der Waals surface area contributed by atoms with E-state index >= 15 is 0 Å². The van der Waals surface area contributed by atoms with Crippen LogP contribution in [0.5, 0.6) is 0 Å². The van der Waals surface area contributed by atoms with E-state index in [1.165, 1.54) is 0 Å². The van der Waals surface area contributed by atoms with E-state index in [1.54, 1.807) is 97.1 Å². The van der Waals surface area contributed by atoms with Gasteiger partial charge in [-0.05, 0) is 48.5 Å². The molecule has 0 radical (unpaired) electrons. The SMILES string of the molecule is O[Si]1(c2ccc(Br)cc2)O[Si](O)(c2ccc(Br)cc2)O[Si](O)(c2ccc(Br)cc2)O[Si](O)(c2ccc(Br)cc2)O1. The molecular weight excluding hydrogens is 848 g/mol. The van der Waals surface area contributed by atoms with Gasteiger partial charge in [-0.25, -0.2) is 0 Å². The monoisotopic (exact) mass is 864 g/mol. The minimum atomic E-state index is -4.72. The summed E-state index contributed by atoms with van der Waals surface area (Å²) < 4.78 is 27.6. The van der Waals surface area contributed by atoms with Crippen LogP contribution < -0.4 is 20.7 Å². The van der Waals surface area contributed by atoms with Gasteiger partial charge in [-0.1, -0.05) is 112 Å². The fourth-order valence-electron chi connectivity index (χ4n) is 3.95. The summed E-state index contributed by atoms with van der Waals surface area (Å²) in [6, 6.07) is 25.8. The van der Waals surface area contributed by atoms with Crippen molar-refractivity contribution in [3.05, 3.63) is 115 Å². The van der Waals surface area contributed by atoms with Gasteiger partial charge >= 0.3 is 35.2 Å².